The second kappa shape index (κ2) is 10.3. The van der Waals surface area contributed by atoms with Crippen LogP contribution >= 0.6 is 0 Å². The number of aliphatic carboxylic acids is 1. The molecule has 7 nitrogen and oxygen atoms in total. The summed E-state index contributed by atoms with van der Waals surface area (Å²) in [5.74, 6) is 3.59. The van der Waals surface area contributed by atoms with Crippen LogP contribution in [0.3, 0.4) is 0 Å². The van der Waals surface area contributed by atoms with Crippen molar-refractivity contribution in [2.45, 2.75) is 31.7 Å². The van der Waals surface area contributed by atoms with Crippen LogP contribution in [0.4, 0.5) is 4.79 Å². The molecule has 0 aliphatic heterocycles. The Bertz CT molecular complexity index is 992. The maximum Gasteiger partial charge on any atom is 0.407 e. The molecule has 2 aromatic rings. The van der Waals surface area contributed by atoms with Gasteiger partial charge >= 0.3 is 12.1 Å². The summed E-state index contributed by atoms with van der Waals surface area (Å²) in [6.45, 7) is 2.03. The molecule has 0 saturated heterocycles. The predicted molar refractivity (Wildman–Crippen MR) is 115 cm³/mol. The van der Waals surface area contributed by atoms with Crippen molar-refractivity contribution in [1.82, 2.24) is 10.6 Å². The van der Waals surface area contributed by atoms with E-state index in [2.05, 4.69) is 22.5 Å². The van der Waals surface area contributed by atoms with E-state index in [0.717, 1.165) is 22.3 Å². The van der Waals surface area contributed by atoms with E-state index >= 15 is 0 Å². The molecule has 1 atom stereocenters. The first-order valence-corrected chi connectivity index (χ1v) is 10.0. The minimum atomic E-state index is -1.23. The second-order valence-electron chi connectivity index (χ2n) is 7.09. The molecular formula is C24H24N2O5. The zero-order valence-electron chi connectivity index (χ0n) is 17.2. The maximum atomic E-state index is 12.4. The molecule has 1 unspecified atom stereocenters. The summed E-state index contributed by atoms with van der Waals surface area (Å²) < 4.78 is 5.40. The van der Waals surface area contributed by atoms with Gasteiger partial charge in [-0.25, -0.2) is 4.79 Å². The number of benzene rings is 2. The van der Waals surface area contributed by atoms with E-state index in [4.69, 9.17) is 9.84 Å². The number of carbonyl (C=O) groups excluding carboxylic acids is 2. The van der Waals surface area contributed by atoms with Crippen LogP contribution < -0.4 is 10.6 Å². The van der Waals surface area contributed by atoms with E-state index < -0.39 is 30.4 Å². The Kier molecular flexibility index (Phi) is 7.28. The minimum absolute atomic E-state index is 0.0767. The standard InChI is InChI=1S/C24H24N2O5/c1-2-3-8-13-25-23(29)21(14-22(27)28)26-24(30)31-15-20-18-11-6-4-9-16(18)17-10-5-7-12-19(17)20/h4-7,9-12,20-21H,8,13-15H2,1H3,(H,25,29)(H,26,30)(H,27,28). The number of fused-ring (bicyclic) bond motifs is 3. The van der Waals surface area contributed by atoms with E-state index in [1.165, 1.54) is 0 Å². The van der Waals surface area contributed by atoms with E-state index in [-0.39, 0.29) is 19.1 Å². The van der Waals surface area contributed by atoms with E-state index in [1.807, 2.05) is 48.5 Å². The van der Waals surface area contributed by atoms with Gasteiger partial charge in [0.05, 0.1) is 6.42 Å². The average Bonchev–Trinajstić information content (AvgIpc) is 3.08. The molecule has 1 aliphatic carbocycles. The third-order valence-electron chi connectivity index (χ3n) is 5.06. The number of carboxylic acid groups (broad SMARTS) is 1. The van der Waals surface area contributed by atoms with Crippen molar-refractivity contribution in [3.63, 3.8) is 0 Å². The number of hydrogen-bond acceptors (Lipinski definition) is 4. The van der Waals surface area contributed by atoms with Gasteiger partial charge in [-0.15, -0.1) is 11.8 Å². The van der Waals surface area contributed by atoms with Crippen LogP contribution in [0.25, 0.3) is 11.1 Å². The summed E-state index contributed by atoms with van der Waals surface area (Å²) in [6, 6.07) is 14.6. The lowest BCUT2D eigenvalue weighted by atomic mass is 9.98. The summed E-state index contributed by atoms with van der Waals surface area (Å²) in [5.41, 5.74) is 4.33. The molecule has 0 spiro atoms. The minimum Gasteiger partial charge on any atom is -0.481 e. The molecule has 160 valence electrons. The number of amides is 2. The van der Waals surface area contributed by atoms with Gasteiger partial charge in [-0.05, 0) is 29.2 Å². The monoisotopic (exact) mass is 420 g/mol. The lowest BCUT2D eigenvalue weighted by Crippen LogP contribution is -2.48. The highest BCUT2D eigenvalue weighted by Gasteiger charge is 2.30. The molecule has 0 bridgehead atoms. The van der Waals surface area contributed by atoms with Crippen LogP contribution in [-0.2, 0) is 14.3 Å². The molecule has 2 aromatic carbocycles. The van der Waals surface area contributed by atoms with E-state index in [0.29, 0.717) is 6.42 Å². The lowest BCUT2D eigenvalue weighted by molar-refractivity contribution is -0.139. The Morgan fingerprint density at radius 3 is 2.26 bits per heavy atom. The number of rotatable bonds is 8. The second-order valence-corrected chi connectivity index (χ2v) is 7.09. The highest BCUT2D eigenvalue weighted by molar-refractivity contribution is 5.89. The number of ether oxygens (including phenoxy) is 1. The van der Waals surface area contributed by atoms with Crippen LogP contribution in [0.5, 0.6) is 0 Å². The van der Waals surface area contributed by atoms with Crippen molar-refractivity contribution in [3.05, 3.63) is 59.7 Å². The fraction of sp³-hybridized carbons (Fsp3) is 0.292. The summed E-state index contributed by atoms with van der Waals surface area (Å²) in [6.07, 6.45) is -0.945. The Labute approximate surface area is 180 Å². The molecule has 3 rings (SSSR count). The number of carbonyl (C=O) groups is 3. The fourth-order valence-corrected chi connectivity index (χ4v) is 3.66. The van der Waals surface area contributed by atoms with Gasteiger partial charge in [0, 0.05) is 18.9 Å². The molecule has 0 radical (unpaired) electrons. The lowest BCUT2D eigenvalue weighted by Gasteiger charge is -2.18. The fourth-order valence-electron chi connectivity index (χ4n) is 3.66. The Morgan fingerprint density at radius 1 is 1.06 bits per heavy atom. The molecule has 0 fully saturated rings. The number of alkyl carbamates (subject to hydrolysis) is 1. The van der Waals surface area contributed by atoms with Gasteiger partial charge in [-0.3, -0.25) is 9.59 Å². The molecule has 31 heavy (non-hydrogen) atoms. The highest BCUT2D eigenvalue weighted by Crippen LogP contribution is 2.44. The zero-order chi connectivity index (χ0) is 22.2. The largest absolute Gasteiger partial charge is 0.481 e. The van der Waals surface area contributed by atoms with Crippen LogP contribution in [-0.4, -0.2) is 42.3 Å². The van der Waals surface area contributed by atoms with Gasteiger partial charge in [0.1, 0.15) is 12.6 Å². The summed E-state index contributed by atoms with van der Waals surface area (Å²) in [5, 5.41) is 14.0. The first-order chi connectivity index (χ1) is 15.0. The normalized spacial score (nSPS) is 12.5. The van der Waals surface area contributed by atoms with Crippen LogP contribution in [0.15, 0.2) is 48.5 Å². The van der Waals surface area contributed by atoms with Crippen molar-refractivity contribution < 1.29 is 24.2 Å². The first kappa shape index (κ1) is 21.9. The topological polar surface area (TPSA) is 105 Å². The van der Waals surface area contributed by atoms with E-state index in [9.17, 15) is 14.4 Å². The molecule has 0 aromatic heterocycles. The Morgan fingerprint density at radius 2 is 1.68 bits per heavy atom. The molecule has 0 saturated carbocycles. The predicted octanol–water partition coefficient (Wildman–Crippen LogP) is 2.90. The number of carboxylic acids is 1. The van der Waals surface area contributed by atoms with Crippen molar-refractivity contribution in [3.8, 4) is 23.0 Å². The maximum absolute atomic E-state index is 12.4. The summed E-state index contributed by atoms with van der Waals surface area (Å²) in [7, 11) is 0. The molecule has 7 heteroatoms. The summed E-state index contributed by atoms with van der Waals surface area (Å²) in [4.78, 5) is 35.8. The van der Waals surface area contributed by atoms with Gasteiger partial charge in [0.2, 0.25) is 5.91 Å². The van der Waals surface area contributed by atoms with Crippen LogP contribution in [0, 0.1) is 11.8 Å². The molecule has 0 heterocycles. The van der Waals surface area contributed by atoms with Crippen molar-refractivity contribution in [2.75, 3.05) is 13.2 Å². The zero-order valence-corrected chi connectivity index (χ0v) is 17.2. The Hall–Kier alpha value is -3.79. The van der Waals surface area contributed by atoms with Gasteiger partial charge in [-0.2, -0.15) is 0 Å². The Balaban J connectivity index is 1.63. The van der Waals surface area contributed by atoms with Crippen molar-refractivity contribution in [2.24, 2.45) is 0 Å². The molecular weight excluding hydrogens is 396 g/mol. The quantitative estimate of drug-likeness (QED) is 0.450. The number of nitrogens with one attached hydrogen (secondary N) is 2. The number of hydrogen-bond donors (Lipinski definition) is 3. The van der Waals surface area contributed by atoms with Gasteiger partial charge in [-0.1, -0.05) is 48.5 Å². The van der Waals surface area contributed by atoms with Gasteiger partial charge < -0.3 is 20.5 Å². The van der Waals surface area contributed by atoms with Crippen molar-refractivity contribution >= 4 is 18.0 Å². The summed E-state index contributed by atoms with van der Waals surface area (Å²) >= 11 is 0. The third-order valence-corrected chi connectivity index (χ3v) is 5.06. The smallest absolute Gasteiger partial charge is 0.407 e. The first-order valence-electron chi connectivity index (χ1n) is 10.0. The van der Waals surface area contributed by atoms with Crippen molar-refractivity contribution in [1.29, 1.82) is 0 Å². The molecule has 1 aliphatic rings. The molecule has 3 N–H and O–H groups in total. The molecule has 2 amide bonds. The average molecular weight is 420 g/mol. The third kappa shape index (κ3) is 5.43. The van der Waals surface area contributed by atoms with Gasteiger partial charge in [0.15, 0.2) is 0 Å². The van der Waals surface area contributed by atoms with Gasteiger partial charge in [0.25, 0.3) is 0 Å². The van der Waals surface area contributed by atoms with Crippen LogP contribution in [0.1, 0.15) is 36.8 Å². The van der Waals surface area contributed by atoms with E-state index in [1.54, 1.807) is 6.92 Å². The van der Waals surface area contributed by atoms with Crippen LogP contribution in [0.2, 0.25) is 0 Å². The SMILES string of the molecule is CC#CCCNC(=O)C(CC(=O)O)NC(=O)OCC1c2ccccc2-c2ccccc21. The highest BCUT2D eigenvalue weighted by atomic mass is 16.5.